The first kappa shape index (κ1) is 17.4. The van der Waals surface area contributed by atoms with Gasteiger partial charge in [0.05, 0.1) is 22.7 Å². The quantitative estimate of drug-likeness (QED) is 0.791. The summed E-state index contributed by atoms with van der Waals surface area (Å²) in [5.41, 5.74) is 0. The van der Waals surface area contributed by atoms with E-state index >= 15 is 0 Å². The molecule has 3 rings (SSSR count). The zero-order valence-electron chi connectivity index (χ0n) is 13.0. The second-order valence-corrected chi connectivity index (χ2v) is 7.92. The summed E-state index contributed by atoms with van der Waals surface area (Å²) in [6.45, 7) is 1.24. The maximum Gasteiger partial charge on any atom is 0.287 e. The van der Waals surface area contributed by atoms with E-state index in [2.05, 4.69) is 21.2 Å². The van der Waals surface area contributed by atoms with Crippen LogP contribution in [0.2, 0.25) is 0 Å². The number of rotatable bonds is 6. The van der Waals surface area contributed by atoms with Crippen LogP contribution >= 0.6 is 15.9 Å². The molecule has 2 heterocycles. The van der Waals surface area contributed by atoms with Crippen LogP contribution in [-0.4, -0.2) is 29.4 Å². The normalized spacial score (nSPS) is 18.5. The van der Waals surface area contributed by atoms with Gasteiger partial charge in [-0.1, -0.05) is 15.9 Å². The smallest absolute Gasteiger partial charge is 0.287 e. The van der Waals surface area contributed by atoms with Crippen molar-refractivity contribution in [3.63, 3.8) is 0 Å². The number of carbonyl (C=O) groups is 1. The van der Waals surface area contributed by atoms with Crippen molar-refractivity contribution in [1.82, 2.24) is 5.32 Å². The number of nitrogens with one attached hydrogen (secondary N) is 1. The van der Waals surface area contributed by atoms with Crippen LogP contribution in [0.1, 0.15) is 29.2 Å². The zero-order valence-corrected chi connectivity index (χ0v) is 15.4. The molecule has 1 saturated heterocycles. The van der Waals surface area contributed by atoms with Crippen LogP contribution in [0.4, 0.5) is 0 Å². The number of halogens is 1. The molecule has 2 atom stereocenters. The SMILES string of the molecule is O=C(NCC1CCCO1)c1ccc(CS(=O)c2ccc(Br)cc2)o1. The Morgan fingerprint density at radius 2 is 2.04 bits per heavy atom. The van der Waals surface area contributed by atoms with E-state index in [1.807, 2.05) is 12.1 Å². The fourth-order valence-corrected chi connectivity index (χ4v) is 3.76. The minimum absolute atomic E-state index is 0.0910. The fraction of sp³-hybridized carbons (Fsp3) is 0.353. The topological polar surface area (TPSA) is 68.5 Å². The summed E-state index contributed by atoms with van der Waals surface area (Å²) in [6, 6.07) is 10.6. The van der Waals surface area contributed by atoms with Gasteiger partial charge in [0.1, 0.15) is 5.76 Å². The fourth-order valence-electron chi connectivity index (χ4n) is 2.48. The van der Waals surface area contributed by atoms with Gasteiger partial charge in [0, 0.05) is 22.5 Å². The summed E-state index contributed by atoms with van der Waals surface area (Å²) in [4.78, 5) is 12.8. The van der Waals surface area contributed by atoms with Gasteiger partial charge in [-0.25, -0.2) is 0 Å². The molecule has 2 unspecified atom stereocenters. The molecule has 0 aliphatic carbocycles. The van der Waals surface area contributed by atoms with Crippen molar-refractivity contribution in [2.24, 2.45) is 0 Å². The summed E-state index contributed by atoms with van der Waals surface area (Å²) in [7, 11) is -1.21. The lowest BCUT2D eigenvalue weighted by molar-refractivity contribution is 0.0834. The molecule has 1 aromatic carbocycles. The molecule has 24 heavy (non-hydrogen) atoms. The predicted molar refractivity (Wildman–Crippen MR) is 94.3 cm³/mol. The molecule has 0 saturated carbocycles. The molecule has 0 bridgehead atoms. The summed E-state index contributed by atoms with van der Waals surface area (Å²) in [5.74, 6) is 0.723. The first-order chi connectivity index (χ1) is 11.6. The number of hydrogen-bond donors (Lipinski definition) is 1. The van der Waals surface area contributed by atoms with Crippen molar-refractivity contribution in [1.29, 1.82) is 0 Å². The molecular formula is C17H18BrNO4S. The van der Waals surface area contributed by atoms with Gasteiger partial charge in [0.15, 0.2) is 5.76 Å². The van der Waals surface area contributed by atoms with Crippen molar-refractivity contribution in [2.75, 3.05) is 13.2 Å². The highest BCUT2D eigenvalue weighted by atomic mass is 79.9. The number of ether oxygens (including phenoxy) is 1. The highest BCUT2D eigenvalue weighted by Gasteiger charge is 2.18. The van der Waals surface area contributed by atoms with E-state index in [1.165, 1.54) is 0 Å². The molecule has 0 spiro atoms. The minimum Gasteiger partial charge on any atom is -0.455 e. The Bertz CT molecular complexity index is 722. The second-order valence-electron chi connectivity index (χ2n) is 5.55. The van der Waals surface area contributed by atoms with Crippen LogP contribution in [-0.2, 0) is 21.3 Å². The number of furan rings is 1. The van der Waals surface area contributed by atoms with E-state index < -0.39 is 10.8 Å². The molecule has 1 aliphatic heterocycles. The molecule has 0 radical (unpaired) electrons. The molecule has 1 N–H and O–H groups in total. The first-order valence-corrected chi connectivity index (χ1v) is 9.85. The molecule has 7 heteroatoms. The molecular weight excluding hydrogens is 394 g/mol. The number of amides is 1. The van der Waals surface area contributed by atoms with Gasteiger partial charge in [0.25, 0.3) is 5.91 Å². The molecule has 1 amide bonds. The molecule has 1 aromatic heterocycles. The van der Waals surface area contributed by atoms with Crippen LogP contribution in [0, 0.1) is 0 Å². The molecule has 2 aromatic rings. The monoisotopic (exact) mass is 411 g/mol. The Balaban J connectivity index is 1.55. The van der Waals surface area contributed by atoms with Crippen LogP contribution < -0.4 is 5.32 Å². The highest BCUT2D eigenvalue weighted by molar-refractivity contribution is 9.10. The summed E-state index contributed by atoms with van der Waals surface area (Å²) < 4.78 is 24.2. The van der Waals surface area contributed by atoms with E-state index in [1.54, 1.807) is 24.3 Å². The molecule has 128 valence electrons. The van der Waals surface area contributed by atoms with Crippen molar-refractivity contribution in [3.05, 3.63) is 52.4 Å². The Kier molecular flexibility index (Phi) is 5.86. The molecule has 5 nitrogen and oxygen atoms in total. The van der Waals surface area contributed by atoms with Crippen molar-refractivity contribution >= 4 is 32.6 Å². The van der Waals surface area contributed by atoms with E-state index in [0.29, 0.717) is 12.3 Å². The number of benzene rings is 1. The largest absolute Gasteiger partial charge is 0.455 e. The Labute approximate surface area is 151 Å². The average molecular weight is 412 g/mol. The second kappa shape index (κ2) is 8.09. The average Bonchev–Trinajstić information content (AvgIpc) is 3.25. The van der Waals surface area contributed by atoms with Crippen LogP contribution in [0.15, 0.2) is 50.2 Å². The third-order valence-electron chi connectivity index (χ3n) is 3.75. The van der Waals surface area contributed by atoms with Crippen LogP contribution in [0.25, 0.3) is 0 Å². The number of carbonyl (C=O) groups excluding carboxylic acids is 1. The maximum atomic E-state index is 12.3. The van der Waals surface area contributed by atoms with Gasteiger partial charge in [-0.3, -0.25) is 9.00 Å². The third-order valence-corrected chi connectivity index (χ3v) is 5.62. The lowest BCUT2D eigenvalue weighted by Gasteiger charge is -2.09. The minimum atomic E-state index is -1.21. The van der Waals surface area contributed by atoms with Gasteiger partial charge in [-0.15, -0.1) is 0 Å². The van der Waals surface area contributed by atoms with Gasteiger partial charge in [0.2, 0.25) is 0 Å². The lowest BCUT2D eigenvalue weighted by atomic mass is 10.2. The Morgan fingerprint density at radius 3 is 2.75 bits per heavy atom. The molecule has 1 fully saturated rings. The summed E-state index contributed by atoms with van der Waals surface area (Å²) in [6.07, 6.45) is 2.09. The van der Waals surface area contributed by atoms with Crippen LogP contribution in [0.3, 0.4) is 0 Å². The van der Waals surface area contributed by atoms with E-state index in [0.717, 1.165) is 28.8 Å². The standard InChI is InChI=1S/C17H18BrNO4S/c18-12-3-6-15(7-4-12)24(21)11-14-5-8-16(23-14)17(20)19-10-13-2-1-9-22-13/h3-8,13H,1-2,9-11H2,(H,19,20). The van der Waals surface area contributed by atoms with Crippen molar-refractivity contribution < 1.29 is 18.2 Å². The van der Waals surface area contributed by atoms with Gasteiger partial charge in [-0.2, -0.15) is 0 Å². The van der Waals surface area contributed by atoms with Gasteiger partial charge in [-0.05, 0) is 49.2 Å². The third kappa shape index (κ3) is 4.55. The van der Waals surface area contributed by atoms with Gasteiger partial charge < -0.3 is 14.5 Å². The highest BCUT2D eigenvalue weighted by Crippen LogP contribution is 2.18. The predicted octanol–water partition coefficient (Wildman–Crippen LogP) is 3.26. The Morgan fingerprint density at radius 1 is 1.25 bits per heavy atom. The lowest BCUT2D eigenvalue weighted by Crippen LogP contribution is -2.31. The van der Waals surface area contributed by atoms with Gasteiger partial charge >= 0.3 is 0 Å². The molecule has 1 aliphatic rings. The Hall–Kier alpha value is -1.44. The van der Waals surface area contributed by atoms with E-state index in [-0.39, 0.29) is 23.5 Å². The van der Waals surface area contributed by atoms with E-state index in [9.17, 15) is 9.00 Å². The van der Waals surface area contributed by atoms with Crippen LogP contribution in [0.5, 0.6) is 0 Å². The van der Waals surface area contributed by atoms with E-state index in [4.69, 9.17) is 9.15 Å². The summed E-state index contributed by atoms with van der Waals surface area (Å²) >= 11 is 3.35. The number of hydrogen-bond acceptors (Lipinski definition) is 4. The maximum absolute atomic E-state index is 12.3. The zero-order chi connectivity index (χ0) is 16.9. The van der Waals surface area contributed by atoms with Crippen molar-refractivity contribution in [3.8, 4) is 0 Å². The summed E-state index contributed by atoms with van der Waals surface area (Å²) in [5, 5.41) is 2.81. The van der Waals surface area contributed by atoms with Crippen molar-refractivity contribution in [2.45, 2.75) is 29.6 Å². The first-order valence-electron chi connectivity index (χ1n) is 7.74.